The van der Waals surface area contributed by atoms with Crippen molar-refractivity contribution >= 4 is 17.5 Å². The zero-order valence-corrected chi connectivity index (χ0v) is 13.8. The number of halogens is 2. The summed E-state index contributed by atoms with van der Waals surface area (Å²) in [5.74, 6) is -0.144. The number of hydrogen-bond acceptors (Lipinski definition) is 3. The van der Waals surface area contributed by atoms with Gasteiger partial charge in [-0.25, -0.2) is 4.39 Å². The van der Waals surface area contributed by atoms with Crippen molar-refractivity contribution in [2.24, 2.45) is 5.92 Å². The summed E-state index contributed by atoms with van der Waals surface area (Å²) in [4.78, 5) is 16.7. The molecule has 0 radical (unpaired) electrons. The zero-order valence-electron chi connectivity index (χ0n) is 13.0. The second kappa shape index (κ2) is 7.16. The highest BCUT2D eigenvalue weighted by Crippen LogP contribution is 2.24. The van der Waals surface area contributed by atoms with Crippen LogP contribution in [0.3, 0.4) is 0 Å². The summed E-state index contributed by atoms with van der Waals surface area (Å²) in [6.07, 6.45) is 2.68. The molecule has 1 N–H and O–H groups in total. The predicted molar refractivity (Wildman–Crippen MR) is 87.1 cm³/mol. The van der Waals surface area contributed by atoms with Crippen LogP contribution in [0.2, 0.25) is 5.02 Å². The topological polar surface area (TPSA) is 43.8 Å². The molecule has 0 aromatic heterocycles. The Bertz CT molecular complexity index is 584. The maximum absolute atomic E-state index is 13.1. The SMILES string of the molecule is O=C(c1ccc(F)cc1Cl)N1CCC[C@H](CN2CC[C@@H](O)C2)C1. The molecule has 1 amide bonds. The van der Waals surface area contributed by atoms with E-state index in [0.29, 0.717) is 24.6 Å². The van der Waals surface area contributed by atoms with Crippen molar-refractivity contribution in [3.05, 3.63) is 34.6 Å². The molecule has 0 unspecified atom stereocenters. The molecule has 6 heteroatoms. The molecule has 3 rings (SSSR count). The molecule has 0 aliphatic carbocycles. The van der Waals surface area contributed by atoms with E-state index in [1.54, 1.807) is 0 Å². The number of aliphatic hydroxyl groups excluding tert-OH is 1. The van der Waals surface area contributed by atoms with Gasteiger partial charge in [0, 0.05) is 32.7 Å². The lowest BCUT2D eigenvalue weighted by Gasteiger charge is -2.35. The van der Waals surface area contributed by atoms with Gasteiger partial charge in [-0.05, 0) is 43.4 Å². The molecule has 0 saturated carbocycles. The number of nitrogens with zero attached hydrogens (tertiary/aromatic N) is 2. The maximum atomic E-state index is 13.1. The summed E-state index contributed by atoms with van der Waals surface area (Å²) >= 11 is 6.01. The van der Waals surface area contributed by atoms with Crippen LogP contribution in [0.5, 0.6) is 0 Å². The number of β-amino-alcohol motifs (C(OH)–C–C–N with tert-alkyl or cyclic N) is 1. The van der Waals surface area contributed by atoms with Gasteiger partial charge in [0.1, 0.15) is 5.82 Å². The molecule has 23 heavy (non-hydrogen) atoms. The van der Waals surface area contributed by atoms with Crippen LogP contribution in [0.25, 0.3) is 0 Å². The van der Waals surface area contributed by atoms with Crippen molar-refractivity contribution < 1.29 is 14.3 Å². The van der Waals surface area contributed by atoms with E-state index >= 15 is 0 Å². The van der Waals surface area contributed by atoms with Gasteiger partial charge in [0.15, 0.2) is 0 Å². The third-order valence-corrected chi connectivity index (χ3v) is 5.04. The molecule has 2 atom stereocenters. The molecule has 2 fully saturated rings. The fraction of sp³-hybridized carbons (Fsp3) is 0.588. The number of aliphatic hydroxyl groups is 1. The molecule has 0 spiro atoms. The van der Waals surface area contributed by atoms with E-state index in [0.717, 1.165) is 38.9 Å². The lowest BCUT2D eigenvalue weighted by molar-refractivity contribution is 0.0642. The van der Waals surface area contributed by atoms with Crippen molar-refractivity contribution in [1.82, 2.24) is 9.80 Å². The average molecular weight is 341 g/mol. The second-order valence-electron chi connectivity index (χ2n) is 6.59. The molecule has 126 valence electrons. The maximum Gasteiger partial charge on any atom is 0.255 e. The Morgan fingerprint density at radius 1 is 1.30 bits per heavy atom. The van der Waals surface area contributed by atoms with Crippen LogP contribution in [0.4, 0.5) is 4.39 Å². The van der Waals surface area contributed by atoms with Crippen LogP contribution in [0.15, 0.2) is 18.2 Å². The number of likely N-dealkylation sites (tertiary alicyclic amines) is 2. The summed E-state index contributed by atoms with van der Waals surface area (Å²) in [5, 5.41) is 9.79. The Morgan fingerprint density at radius 3 is 2.83 bits per heavy atom. The standard InChI is InChI=1S/C17H22ClFN2O2/c18-16-8-13(19)3-4-15(16)17(23)21-6-1-2-12(10-21)9-20-7-5-14(22)11-20/h3-4,8,12,14,22H,1-2,5-7,9-11H2/t12-,14-/m1/s1. The van der Waals surface area contributed by atoms with Gasteiger partial charge in [0.2, 0.25) is 0 Å². The first kappa shape index (κ1) is 16.7. The van der Waals surface area contributed by atoms with Gasteiger partial charge in [0.25, 0.3) is 5.91 Å². The molecule has 2 aliphatic rings. The van der Waals surface area contributed by atoms with Crippen molar-refractivity contribution in [2.75, 3.05) is 32.7 Å². The Labute approximate surface area is 140 Å². The van der Waals surface area contributed by atoms with E-state index in [-0.39, 0.29) is 17.0 Å². The van der Waals surface area contributed by atoms with Crippen molar-refractivity contribution in [3.63, 3.8) is 0 Å². The molecule has 1 aromatic carbocycles. The van der Waals surface area contributed by atoms with E-state index < -0.39 is 5.82 Å². The lowest BCUT2D eigenvalue weighted by atomic mass is 9.96. The normalized spacial score (nSPS) is 25.8. The van der Waals surface area contributed by atoms with Crippen LogP contribution < -0.4 is 0 Å². The van der Waals surface area contributed by atoms with Crippen LogP contribution in [-0.4, -0.2) is 59.6 Å². The summed E-state index contributed by atoms with van der Waals surface area (Å²) in [7, 11) is 0. The zero-order chi connectivity index (χ0) is 16.4. The summed E-state index contributed by atoms with van der Waals surface area (Å²) in [6, 6.07) is 3.91. The van der Waals surface area contributed by atoms with Gasteiger partial charge >= 0.3 is 0 Å². The van der Waals surface area contributed by atoms with Gasteiger partial charge in [-0.2, -0.15) is 0 Å². The second-order valence-corrected chi connectivity index (χ2v) is 6.99. The van der Waals surface area contributed by atoms with Gasteiger partial charge in [-0.3, -0.25) is 4.79 Å². The lowest BCUT2D eigenvalue weighted by Crippen LogP contribution is -2.43. The Balaban J connectivity index is 1.62. The smallest absolute Gasteiger partial charge is 0.255 e. The van der Waals surface area contributed by atoms with Gasteiger partial charge in [-0.1, -0.05) is 11.6 Å². The van der Waals surface area contributed by atoms with Crippen LogP contribution in [0.1, 0.15) is 29.6 Å². The average Bonchev–Trinajstić information content (AvgIpc) is 2.92. The minimum absolute atomic E-state index is 0.124. The molecule has 2 heterocycles. The quantitative estimate of drug-likeness (QED) is 0.919. The minimum Gasteiger partial charge on any atom is -0.392 e. The molecular weight excluding hydrogens is 319 g/mol. The monoisotopic (exact) mass is 340 g/mol. The fourth-order valence-corrected chi connectivity index (χ4v) is 3.82. The molecule has 1 aromatic rings. The van der Waals surface area contributed by atoms with Gasteiger partial charge < -0.3 is 14.9 Å². The van der Waals surface area contributed by atoms with Crippen molar-refractivity contribution in [3.8, 4) is 0 Å². The van der Waals surface area contributed by atoms with Crippen molar-refractivity contribution in [1.29, 1.82) is 0 Å². The Morgan fingerprint density at radius 2 is 2.13 bits per heavy atom. The first-order valence-electron chi connectivity index (χ1n) is 8.17. The molecule has 4 nitrogen and oxygen atoms in total. The van der Waals surface area contributed by atoms with E-state index in [1.807, 2.05) is 4.90 Å². The highest BCUT2D eigenvalue weighted by Gasteiger charge is 2.29. The number of hydrogen-bond donors (Lipinski definition) is 1. The summed E-state index contributed by atoms with van der Waals surface area (Å²) < 4.78 is 13.1. The van der Waals surface area contributed by atoms with Crippen LogP contribution >= 0.6 is 11.6 Å². The summed E-state index contributed by atoms with van der Waals surface area (Å²) in [6.45, 7) is 3.98. The van der Waals surface area contributed by atoms with Crippen molar-refractivity contribution in [2.45, 2.75) is 25.4 Å². The summed E-state index contributed by atoms with van der Waals surface area (Å²) in [5.41, 5.74) is 0.366. The highest BCUT2D eigenvalue weighted by atomic mass is 35.5. The highest BCUT2D eigenvalue weighted by molar-refractivity contribution is 6.33. The number of carbonyl (C=O) groups is 1. The molecule has 2 saturated heterocycles. The van der Waals surface area contributed by atoms with E-state index in [9.17, 15) is 14.3 Å². The number of amides is 1. The molecule has 2 aliphatic heterocycles. The first-order valence-corrected chi connectivity index (χ1v) is 8.55. The third-order valence-electron chi connectivity index (χ3n) is 4.73. The van der Waals surface area contributed by atoms with Gasteiger partial charge in [0.05, 0.1) is 16.7 Å². The molecular formula is C17H22ClFN2O2. The minimum atomic E-state index is -0.435. The van der Waals surface area contributed by atoms with E-state index in [1.165, 1.54) is 18.2 Å². The predicted octanol–water partition coefficient (Wildman–Crippen LogP) is 2.40. The third kappa shape index (κ3) is 4.03. The van der Waals surface area contributed by atoms with Gasteiger partial charge in [-0.15, -0.1) is 0 Å². The first-order chi connectivity index (χ1) is 11.0. The van der Waals surface area contributed by atoms with E-state index in [2.05, 4.69) is 4.90 Å². The number of rotatable bonds is 3. The number of benzene rings is 1. The molecule has 0 bridgehead atoms. The largest absolute Gasteiger partial charge is 0.392 e. The van der Waals surface area contributed by atoms with E-state index in [4.69, 9.17) is 11.6 Å². The number of carbonyl (C=O) groups excluding carboxylic acids is 1. The Hall–Kier alpha value is -1.17. The number of piperidine rings is 1. The Kier molecular flexibility index (Phi) is 5.19. The van der Waals surface area contributed by atoms with Crippen LogP contribution in [-0.2, 0) is 0 Å². The fourth-order valence-electron chi connectivity index (χ4n) is 3.57. The van der Waals surface area contributed by atoms with Crippen LogP contribution in [0, 0.1) is 11.7 Å².